The molecule has 2 aromatic carbocycles. The average Bonchev–Trinajstić information content (AvgIpc) is 3.03. The van der Waals surface area contributed by atoms with Crippen molar-refractivity contribution in [2.45, 2.75) is 32.7 Å². The summed E-state index contributed by atoms with van der Waals surface area (Å²) in [5.74, 6) is -0.492. The quantitative estimate of drug-likeness (QED) is 0.656. The molecule has 6 nitrogen and oxygen atoms in total. The standard InChI is InChI=1S/C27H34N4O2/c1-18-7-12-23(19(2)17-18)24-25(30(6)21-13-15-29(5)16-14-21)27(33)31(26(24)32)22-10-8-20(9-11-22)28(3)4/h7-12,17,21H,13-16H2,1-6H3. The zero-order chi connectivity index (χ0) is 23.9. The zero-order valence-corrected chi connectivity index (χ0v) is 20.6. The Kier molecular flexibility index (Phi) is 6.30. The van der Waals surface area contributed by atoms with Crippen molar-refractivity contribution in [3.63, 3.8) is 0 Å². The Morgan fingerprint density at radius 1 is 0.879 bits per heavy atom. The minimum atomic E-state index is -0.251. The molecule has 6 heteroatoms. The summed E-state index contributed by atoms with van der Waals surface area (Å²) in [5, 5.41) is 0. The first-order chi connectivity index (χ1) is 15.7. The van der Waals surface area contributed by atoms with Gasteiger partial charge in [-0.2, -0.15) is 0 Å². The normalized spacial score (nSPS) is 17.8. The van der Waals surface area contributed by atoms with Gasteiger partial charge in [-0.15, -0.1) is 0 Å². The lowest BCUT2D eigenvalue weighted by atomic mass is 9.96. The highest BCUT2D eigenvalue weighted by Gasteiger charge is 2.43. The Labute approximate surface area is 197 Å². The van der Waals surface area contributed by atoms with Crippen molar-refractivity contribution in [1.29, 1.82) is 0 Å². The van der Waals surface area contributed by atoms with Crippen molar-refractivity contribution in [1.82, 2.24) is 9.80 Å². The van der Waals surface area contributed by atoms with Gasteiger partial charge in [0.25, 0.3) is 11.8 Å². The van der Waals surface area contributed by atoms with Crippen LogP contribution in [0.3, 0.4) is 0 Å². The lowest BCUT2D eigenvalue weighted by molar-refractivity contribution is -0.120. The molecule has 0 unspecified atom stereocenters. The molecule has 2 amide bonds. The smallest absolute Gasteiger partial charge is 0.282 e. The monoisotopic (exact) mass is 446 g/mol. The molecule has 0 N–H and O–H groups in total. The SMILES string of the molecule is Cc1ccc(C2=C(N(C)C3CCN(C)CC3)C(=O)N(c3ccc(N(C)C)cc3)C2=O)c(C)c1. The number of carbonyl (C=O) groups is 2. The van der Waals surface area contributed by atoms with Crippen LogP contribution in [-0.4, -0.2) is 68.9 Å². The number of benzene rings is 2. The largest absolute Gasteiger partial charge is 0.378 e. The molecule has 2 aliphatic rings. The van der Waals surface area contributed by atoms with Crippen molar-refractivity contribution < 1.29 is 9.59 Å². The van der Waals surface area contributed by atoms with E-state index in [1.54, 1.807) is 0 Å². The van der Waals surface area contributed by atoms with Gasteiger partial charge in [-0.1, -0.05) is 23.8 Å². The third-order valence-electron chi connectivity index (χ3n) is 6.92. The molecule has 0 aromatic heterocycles. The van der Waals surface area contributed by atoms with Crippen LogP contribution < -0.4 is 9.80 Å². The molecular formula is C27H34N4O2. The molecular weight excluding hydrogens is 412 g/mol. The number of rotatable bonds is 5. The molecule has 0 saturated carbocycles. The van der Waals surface area contributed by atoms with Gasteiger partial charge in [-0.3, -0.25) is 9.59 Å². The molecule has 33 heavy (non-hydrogen) atoms. The molecule has 2 heterocycles. The molecule has 174 valence electrons. The first-order valence-corrected chi connectivity index (χ1v) is 11.6. The molecule has 2 aliphatic heterocycles. The van der Waals surface area contributed by atoms with E-state index in [-0.39, 0.29) is 17.9 Å². The summed E-state index contributed by atoms with van der Waals surface area (Å²) < 4.78 is 0. The van der Waals surface area contributed by atoms with Crippen LogP contribution in [0.2, 0.25) is 0 Å². The van der Waals surface area contributed by atoms with Gasteiger partial charge in [0.05, 0.1) is 11.3 Å². The number of likely N-dealkylation sites (tertiary alicyclic amines) is 1. The Hall–Kier alpha value is -3.12. The minimum absolute atomic E-state index is 0.227. The molecule has 1 fully saturated rings. The van der Waals surface area contributed by atoms with Gasteiger partial charge >= 0.3 is 0 Å². The highest BCUT2D eigenvalue weighted by atomic mass is 16.2. The number of hydrogen-bond donors (Lipinski definition) is 0. The summed E-state index contributed by atoms with van der Waals surface area (Å²) in [5.41, 5.74) is 5.61. The third-order valence-corrected chi connectivity index (χ3v) is 6.92. The van der Waals surface area contributed by atoms with Crippen LogP contribution in [0, 0.1) is 13.8 Å². The number of aryl methyl sites for hydroxylation is 2. The van der Waals surface area contributed by atoms with E-state index in [9.17, 15) is 9.59 Å². The Morgan fingerprint density at radius 3 is 2.09 bits per heavy atom. The maximum absolute atomic E-state index is 13.8. The van der Waals surface area contributed by atoms with Crippen LogP contribution in [0.4, 0.5) is 11.4 Å². The van der Waals surface area contributed by atoms with Crippen LogP contribution >= 0.6 is 0 Å². The van der Waals surface area contributed by atoms with Crippen molar-refractivity contribution in [3.8, 4) is 0 Å². The predicted molar refractivity (Wildman–Crippen MR) is 134 cm³/mol. The molecule has 0 radical (unpaired) electrons. The van der Waals surface area contributed by atoms with Crippen molar-refractivity contribution in [2.24, 2.45) is 0 Å². The maximum atomic E-state index is 13.8. The van der Waals surface area contributed by atoms with E-state index < -0.39 is 0 Å². The Balaban J connectivity index is 1.79. The average molecular weight is 447 g/mol. The number of carbonyl (C=O) groups excluding carboxylic acids is 2. The molecule has 0 bridgehead atoms. The number of likely N-dealkylation sites (N-methyl/N-ethyl adjacent to an activating group) is 1. The summed E-state index contributed by atoms with van der Waals surface area (Å²) >= 11 is 0. The second-order valence-corrected chi connectivity index (χ2v) is 9.54. The number of anilines is 2. The van der Waals surface area contributed by atoms with Crippen LogP contribution in [0.15, 0.2) is 48.2 Å². The number of piperidine rings is 1. The van der Waals surface area contributed by atoms with E-state index in [0.717, 1.165) is 48.3 Å². The van der Waals surface area contributed by atoms with Crippen molar-refractivity contribution in [3.05, 3.63) is 64.9 Å². The fraction of sp³-hybridized carbons (Fsp3) is 0.407. The summed E-state index contributed by atoms with van der Waals surface area (Å²) in [6, 6.07) is 13.9. The lowest BCUT2D eigenvalue weighted by Gasteiger charge is -2.36. The first-order valence-electron chi connectivity index (χ1n) is 11.6. The van der Waals surface area contributed by atoms with Crippen molar-refractivity contribution >= 4 is 28.8 Å². The summed E-state index contributed by atoms with van der Waals surface area (Å²) in [6.07, 6.45) is 1.94. The molecule has 4 rings (SSSR count). The molecule has 1 saturated heterocycles. The maximum Gasteiger partial charge on any atom is 0.282 e. The van der Waals surface area contributed by atoms with Crippen LogP contribution in [-0.2, 0) is 9.59 Å². The highest BCUT2D eigenvalue weighted by molar-refractivity contribution is 6.45. The highest BCUT2D eigenvalue weighted by Crippen LogP contribution is 2.37. The molecule has 0 spiro atoms. The second kappa shape index (κ2) is 9.02. The van der Waals surface area contributed by atoms with Crippen LogP contribution in [0.25, 0.3) is 5.57 Å². The second-order valence-electron chi connectivity index (χ2n) is 9.54. The summed E-state index contributed by atoms with van der Waals surface area (Å²) in [7, 11) is 8.03. The fourth-order valence-corrected chi connectivity index (χ4v) is 4.88. The van der Waals surface area contributed by atoms with E-state index in [0.29, 0.717) is 17.0 Å². The van der Waals surface area contributed by atoms with Crippen molar-refractivity contribution in [2.75, 3.05) is 51.1 Å². The topological polar surface area (TPSA) is 47.1 Å². The van der Waals surface area contributed by atoms with E-state index in [4.69, 9.17) is 0 Å². The zero-order valence-electron chi connectivity index (χ0n) is 20.6. The van der Waals surface area contributed by atoms with Crippen LogP contribution in [0.5, 0.6) is 0 Å². The van der Waals surface area contributed by atoms with Gasteiger partial charge < -0.3 is 14.7 Å². The van der Waals surface area contributed by atoms with E-state index >= 15 is 0 Å². The molecule has 2 aromatic rings. The third kappa shape index (κ3) is 4.27. The van der Waals surface area contributed by atoms with Gasteiger partial charge in [-0.05, 0) is 82.2 Å². The van der Waals surface area contributed by atoms with E-state index in [1.807, 2.05) is 76.3 Å². The first kappa shape index (κ1) is 23.1. The number of amides is 2. The summed E-state index contributed by atoms with van der Waals surface area (Å²) in [6.45, 7) is 6.02. The Bertz CT molecular complexity index is 1100. The minimum Gasteiger partial charge on any atom is -0.378 e. The number of nitrogens with zero attached hydrogens (tertiary/aromatic N) is 4. The van der Waals surface area contributed by atoms with E-state index in [1.165, 1.54) is 4.90 Å². The Morgan fingerprint density at radius 2 is 1.52 bits per heavy atom. The van der Waals surface area contributed by atoms with Gasteiger partial charge in [0.1, 0.15) is 5.70 Å². The number of imide groups is 1. The van der Waals surface area contributed by atoms with Gasteiger partial charge in [0, 0.05) is 32.9 Å². The molecule has 0 atom stereocenters. The van der Waals surface area contributed by atoms with Crippen LogP contribution in [0.1, 0.15) is 29.5 Å². The predicted octanol–water partition coefficient (Wildman–Crippen LogP) is 3.68. The summed E-state index contributed by atoms with van der Waals surface area (Å²) in [4.78, 5) is 35.4. The number of hydrogen-bond acceptors (Lipinski definition) is 5. The fourth-order valence-electron chi connectivity index (χ4n) is 4.88. The lowest BCUT2D eigenvalue weighted by Crippen LogP contribution is -2.43. The van der Waals surface area contributed by atoms with Gasteiger partial charge in [0.15, 0.2) is 0 Å². The van der Waals surface area contributed by atoms with Gasteiger partial charge in [-0.25, -0.2) is 4.90 Å². The van der Waals surface area contributed by atoms with Gasteiger partial charge in [0.2, 0.25) is 0 Å². The van der Waals surface area contributed by atoms with E-state index in [2.05, 4.69) is 22.9 Å². The molecule has 0 aliphatic carbocycles.